The third kappa shape index (κ3) is 2.50. The molecule has 3 heteroatoms. The van der Waals surface area contributed by atoms with E-state index in [-0.39, 0.29) is 11.9 Å². The van der Waals surface area contributed by atoms with E-state index in [4.69, 9.17) is 0 Å². The number of carbonyl (C=O) groups excluding carboxylic acids is 1. The Labute approximate surface area is 103 Å². The molecule has 3 nitrogen and oxygen atoms in total. The highest BCUT2D eigenvalue weighted by Crippen LogP contribution is 2.14. The van der Waals surface area contributed by atoms with Crippen LogP contribution in [0.4, 0.5) is 0 Å². The summed E-state index contributed by atoms with van der Waals surface area (Å²) in [6.45, 7) is 8.05. The van der Waals surface area contributed by atoms with Crippen molar-refractivity contribution < 1.29 is 4.79 Å². The van der Waals surface area contributed by atoms with Crippen LogP contribution in [-0.2, 0) is 0 Å². The van der Waals surface area contributed by atoms with Crippen molar-refractivity contribution in [2.24, 2.45) is 5.92 Å². The van der Waals surface area contributed by atoms with Crippen LogP contribution < -0.4 is 10.6 Å². The topological polar surface area (TPSA) is 41.1 Å². The first-order chi connectivity index (χ1) is 8.09. The minimum Gasteiger partial charge on any atom is -0.348 e. The molecule has 0 bridgehead atoms. The fraction of sp³-hybridized carbons (Fsp3) is 0.500. The number of hydrogen-bond donors (Lipinski definition) is 2. The molecular formula is C14H20N2O. The number of amides is 1. The van der Waals surface area contributed by atoms with Crippen LogP contribution in [0.15, 0.2) is 18.2 Å². The molecule has 1 aliphatic heterocycles. The monoisotopic (exact) mass is 232 g/mol. The zero-order chi connectivity index (χ0) is 12.4. The van der Waals surface area contributed by atoms with Crippen molar-refractivity contribution in [2.75, 3.05) is 13.1 Å². The molecule has 2 rings (SSSR count). The molecule has 2 atom stereocenters. The van der Waals surface area contributed by atoms with E-state index in [0.29, 0.717) is 5.92 Å². The lowest BCUT2D eigenvalue weighted by atomic mass is 10.0. The average molecular weight is 232 g/mol. The Morgan fingerprint density at radius 1 is 1.35 bits per heavy atom. The van der Waals surface area contributed by atoms with Gasteiger partial charge >= 0.3 is 0 Å². The summed E-state index contributed by atoms with van der Waals surface area (Å²) in [5.74, 6) is 0.552. The Morgan fingerprint density at radius 3 is 2.76 bits per heavy atom. The zero-order valence-electron chi connectivity index (χ0n) is 10.7. The van der Waals surface area contributed by atoms with E-state index in [1.165, 1.54) is 0 Å². The minimum absolute atomic E-state index is 0.0479. The van der Waals surface area contributed by atoms with E-state index in [1.54, 1.807) is 0 Å². The fourth-order valence-corrected chi connectivity index (χ4v) is 2.25. The average Bonchev–Trinajstić information content (AvgIpc) is 2.68. The maximum absolute atomic E-state index is 12.2. The molecule has 1 amide bonds. The van der Waals surface area contributed by atoms with Gasteiger partial charge in [-0.1, -0.05) is 19.1 Å². The van der Waals surface area contributed by atoms with E-state index < -0.39 is 0 Å². The van der Waals surface area contributed by atoms with Gasteiger partial charge in [0.15, 0.2) is 0 Å². The highest BCUT2D eigenvalue weighted by atomic mass is 16.1. The van der Waals surface area contributed by atoms with Gasteiger partial charge in [-0.15, -0.1) is 0 Å². The molecule has 92 valence electrons. The third-order valence-corrected chi connectivity index (χ3v) is 3.68. The molecule has 1 aromatic rings. The van der Waals surface area contributed by atoms with E-state index in [1.807, 2.05) is 32.0 Å². The quantitative estimate of drug-likeness (QED) is 0.814. The molecule has 0 spiro atoms. The highest BCUT2D eigenvalue weighted by Gasteiger charge is 2.25. The Kier molecular flexibility index (Phi) is 3.48. The molecule has 0 aromatic heterocycles. The van der Waals surface area contributed by atoms with Gasteiger partial charge in [0.05, 0.1) is 0 Å². The number of benzene rings is 1. The normalized spacial score (nSPS) is 23.7. The molecular weight excluding hydrogens is 212 g/mol. The van der Waals surface area contributed by atoms with Gasteiger partial charge < -0.3 is 10.6 Å². The van der Waals surface area contributed by atoms with Gasteiger partial charge in [0.2, 0.25) is 0 Å². The second kappa shape index (κ2) is 4.88. The molecule has 0 aliphatic carbocycles. The van der Waals surface area contributed by atoms with Gasteiger partial charge in [-0.3, -0.25) is 4.79 Å². The SMILES string of the molecule is Cc1cccc(C(=O)NC2CNCC2C)c1C. The summed E-state index contributed by atoms with van der Waals surface area (Å²) >= 11 is 0. The Balaban J connectivity index is 2.12. The first-order valence-electron chi connectivity index (χ1n) is 6.17. The maximum atomic E-state index is 12.2. The van der Waals surface area contributed by atoms with Crippen LogP contribution in [0.25, 0.3) is 0 Å². The fourth-order valence-electron chi connectivity index (χ4n) is 2.25. The maximum Gasteiger partial charge on any atom is 0.251 e. The molecule has 2 N–H and O–H groups in total. The lowest BCUT2D eigenvalue weighted by molar-refractivity contribution is 0.0932. The van der Waals surface area contributed by atoms with Crippen molar-refractivity contribution >= 4 is 5.91 Å². The van der Waals surface area contributed by atoms with Gasteiger partial charge in [0, 0.05) is 18.2 Å². The van der Waals surface area contributed by atoms with E-state index >= 15 is 0 Å². The van der Waals surface area contributed by atoms with Crippen LogP contribution in [0.5, 0.6) is 0 Å². The van der Waals surface area contributed by atoms with Crippen molar-refractivity contribution in [3.63, 3.8) is 0 Å². The van der Waals surface area contributed by atoms with Crippen molar-refractivity contribution in [2.45, 2.75) is 26.8 Å². The van der Waals surface area contributed by atoms with Gasteiger partial charge in [0.1, 0.15) is 0 Å². The highest BCUT2D eigenvalue weighted by molar-refractivity contribution is 5.96. The first kappa shape index (κ1) is 12.1. The van der Waals surface area contributed by atoms with Crippen molar-refractivity contribution in [3.8, 4) is 0 Å². The summed E-state index contributed by atoms with van der Waals surface area (Å²) in [6.07, 6.45) is 0. The largest absolute Gasteiger partial charge is 0.348 e. The number of rotatable bonds is 2. The summed E-state index contributed by atoms with van der Waals surface area (Å²) in [4.78, 5) is 12.2. The van der Waals surface area contributed by atoms with Crippen molar-refractivity contribution in [3.05, 3.63) is 34.9 Å². The van der Waals surface area contributed by atoms with E-state index in [2.05, 4.69) is 17.6 Å². The van der Waals surface area contributed by atoms with Gasteiger partial charge in [0.25, 0.3) is 5.91 Å². The van der Waals surface area contributed by atoms with Crippen LogP contribution in [0, 0.1) is 19.8 Å². The first-order valence-corrected chi connectivity index (χ1v) is 6.17. The van der Waals surface area contributed by atoms with Crippen molar-refractivity contribution in [1.29, 1.82) is 0 Å². The predicted molar refractivity (Wildman–Crippen MR) is 69.2 cm³/mol. The van der Waals surface area contributed by atoms with E-state index in [9.17, 15) is 4.79 Å². The molecule has 0 radical (unpaired) electrons. The Morgan fingerprint density at radius 2 is 2.12 bits per heavy atom. The molecule has 1 heterocycles. The smallest absolute Gasteiger partial charge is 0.251 e. The molecule has 1 aliphatic rings. The van der Waals surface area contributed by atoms with E-state index in [0.717, 1.165) is 29.8 Å². The Hall–Kier alpha value is -1.35. The lowest BCUT2D eigenvalue weighted by Gasteiger charge is -2.17. The summed E-state index contributed by atoms with van der Waals surface area (Å²) in [5, 5.41) is 6.40. The van der Waals surface area contributed by atoms with Gasteiger partial charge in [-0.25, -0.2) is 0 Å². The van der Waals surface area contributed by atoms with Crippen LogP contribution >= 0.6 is 0 Å². The summed E-state index contributed by atoms with van der Waals surface area (Å²) < 4.78 is 0. The second-order valence-electron chi connectivity index (χ2n) is 4.96. The number of aryl methyl sites for hydroxylation is 1. The zero-order valence-corrected chi connectivity index (χ0v) is 10.7. The molecule has 2 unspecified atom stereocenters. The molecule has 1 saturated heterocycles. The number of nitrogens with one attached hydrogen (secondary N) is 2. The van der Waals surface area contributed by atoms with Crippen LogP contribution in [0.2, 0.25) is 0 Å². The van der Waals surface area contributed by atoms with Gasteiger partial charge in [-0.2, -0.15) is 0 Å². The molecule has 0 saturated carbocycles. The second-order valence-corrected chi connectivity index (χ2v) is 4.96. The molecule has 1 aromatic carbocycles. The Bertz CT molecular complexity index is 428. The number of hydrogen-bond acceptors (Lipinski definition) is 2. The van der Waals surface area contributed by atoms with Crippen molar-refractivity contribution in [1.82, 2.24) is 10.6 Å². The molecule has 17 heavy (non-hydrogen) atoms. The summed E-state index contributed by atoms with van der Waals surface area (Å²) in [5.41, 5.74) is 3.03. The summed E-state index contributed by atoms with van der Waals surface area (Å²) in [6, 6.07) is 6.12. The lowest BCUT2D eigenvalue weighted by Crippen LogP contribution is -2.39. The summed E-state index contributed by atoms with van der Waals surface area (Å²) in [7, 11) is 0. The van der Waals surface area contributed by atoms with Gasteiger partial charge in [-0.05, 0) is 43.5 Å². The predicted octanol–water partition coefficient (Wildman–Crippen LogP) is 1.64. The van der Waals surface area contributed by atoms with Crippen LogP contribution in [-0.4, -0.2) is 25.0 Å². The van der Waals surface area contributed by atoms with Crippen LogP contribution in [0.1, 0.15) is 28.4 Å². The minimum atomic E-state index is 0.0479. The number of carbonyl (C=O) groups is 1. The van der Waals surface area contributed by atoms with Crippen LogP contribution in [0.3, 0.4) is 0 Å². The standard InChI is InChI=1S/C14H20N2O/c1-9-5-4-6-12(11(9)3)14(17)16-13-8-15-7-10(13)2/h4-6,10,13,15H,7-8H2,1-3H3,(H,16,17). The molecule has 1 fully saturated rings. The third-order valence-electron chi connectivity index (χ3n) is 3.68.